The van der Waals surface area contributed by atoms with Gasteiger partial charge >= 0.3 is 5.97 Å². The number of benzene rings is 1. The molecule has 2 aromatic rings. The summed E-state index contributed by atoms with van der Waals surface area (Å²) in [6.45, 7) is 1.72. The van der Waals surface area contributed by atoms with Gasteiger partial charge in [-0.2, -0.15) is 0 Å². The third kappa shape index (κ3) is 2.76. The maximum absolute atomic E-state index is 12.2. The van der Waals surface area contributed by atoms with Gasteiger partial charge in [-0.25, -0.2) is 0 Å². The Hall–Kier alpha value is -2.30. The second-order valence-corrected chi connectivity index (χ2v) is 4.63. The molecule has 1 aromatic heterocycles. The molecule has 0 saturated carbocycles. The van der Waals surface area contributed by atoms with E-state index in [1.165, 1.54) is 4.90 Å². The van der Waals surface area contributed by atoms with E-state index in [1.54, 1.807) is 20.0 Å². The Morgan fingerprint density at radius 3 is 2.68 bits per heavy atom. The van der Waals surface area contributed by atoms with Gasteiger partial charge in [0.15, 0.2) is 0 Å². The van der Waals surface area contributed by atoms with Gasteiger partial charge in [-0.05, 0) is 19.1 Å². The summed E-state index contributed by atoms with van der Waals surface area (Å²) in [5.41, 5.74) is 1.37. The Morgan fingerprint density at radius 1 is 1.37 bits per heavy atom. The van der Waals surface area contributed by atoms with Crippen molar-refractivity contribution in [1.82, 2.24) is 9.88 Å². The number of rotatable bonds is 4. The Bertz CT molecular complexity index is 585. The Morgan fingerprint density at radius 2 is 2.05 bits per heavy atom. The molecule has 5 nitrogen and oxygen atoms in total. The molecule has 1 heterocycles. The van der Waals surface area contributed by atoms with Crippen LogP contribution in [0.5, 0.6) is 0 Å². The normalized spacial score (nSPS) is 12.3. The summed E-state index contributed by atoms with van der Waals surface area (Å²) in [7, 11) is 1.61. The van der Waals surface area contributed by atoms with E-state index in [0.717, 1.165) is 10.9 Å². The number of aliphatic carboxylic acids is 1. The second kappa shape index (κ2) is 5.14. The zero-order chi connectivity index (χ0) is 14.0. The fourth-order valence-corrected chi connectivity index (χ4v) is 1.97. The summed E-state index contributed by atoms with van der Waals surface area (Å²) >= 11 is 0. The molecule has 0 fully saturated rings. The molecule has 0 radical (unpaired) electrons. The molecule has 1 amide bonds. The minimum Gasteiger partial charge on any atom is -0.481 e. The summed E-state index contributed by atoms with van der Waals surface area (Å²) in [5, 5.41) is 9.72. The quantitative estimate of drug-likeness (QED) is 0.884. The lowest BCUT2D eigenvalue weighted by molar-refractivity contribution is -0.137. The molecule has 19 heavy (non-hydrogen) atoms. The van der Waals surface area contributed by atoms with E-state index in [2.05, 4.69) is 4.98 Å². The molecule has 0 bridgehead atoms. The van der Waals surface area contributed by atoms with E-state index in [-0.39, 0.29) is 18.4 Å². The van der Waals surface area contributed by atoms with Crippen LogP contribution in [0.4, 0.5) is 0 Å². The summed E-state index contributed by atoms with van der Waals surface area (Å²) in [5.74, 6) is -1.12. The average molecular weight is 260 g/mol. The zero-order valence-electron chi connectivity index (χ0n) is 10.9. The van der Waals surface area contributed by atoms with Gasteiger partial charge in [-0.3, -0.25) is 9.59 Å². The molecule has 0 aliphatic rings. The van der Waals surface area contributed by atoms with E-state index in [1.807, 2.05) is 24.3 Å². The number of H-pyrrole nitrogens is 1. The maximum Gasteiger partial charge on any atom is 0.305 e. The molecule has 0 aliphatic heterocycles. The fraction of sp³-hybridized carbons (Fsp3) is 0.286. The number of carboxylic acid groups (broad SMARTS) is 1. The molecule has 0 aliphatic carbocycles. The van der Waals surface area contributed by atoms with Crippen LogP contribution in [0, 0.1) is 0 Å². The smallest absolute Gasteiger partial charge is 0.305 e. The lowest BCUT2D eigenvalue weighted by Crippen LogP contribution is -2.36. The number of carbonyl (C=O) groups is 2. The Labute approximate surface area is 110 Å². The standard InChI is InChI=1S/C14H16N2O3/c1-9(7-13(17)18)16(2)14(19)12-8-10-5-3-4-6-11(10)15-12/h3-6,8-9,15H,7H2,1-2H3,(H,17,18). The van der Waals surface area contributed by atoms with Gasteiger partial charge in [-0.1, -0.05) is 18.2 Å². The van der Waals surface area contributed by atoms with Crippen molar-refractivity contribution in [2.75, 3.05) is 7.05 Å². The van der Waals surface area contributed by atoms with E-state index >= 15 is 0 Å². The SMILES string of the molecule is CC(CC(=O)O)N(C)C(=O)c1cc2ccccc2[nH]1. The van der Waals surface area contributed by atoms with Crippen molar-refractivity contribution in [3.05, 3.63) is 36.0 Å². The lowest BCUT2D eigenvalue weighted by Gasteiger charge is -2.22. The number of fused-ring (bicyclic) bond motifs is 1. The van der Waals surface area contributed by atoms with Crippen molar-refractivity contribution in [2.45, 2.75) is 19.4 Å². The lowest BCUT2D eigenvalue weighted by atomic mass is 10.2. The van der Waals surface area contributed by atoms with Crippen molar-refractivity contribution in [2.24, 2.45) is 0 Å². The largest absolute Gasteiger partial charge is 0.481 e. The van der Waals surface area contributed by atoms with Crippen molar-refractivity contribution < 1.29 is 14.7 Å². The maximum atomic E-state index is 12.2. The van der Waals surface area contributed by atoms with Gasteiger partial charge in [0.2, 0.25) is 0 Å². The first kappa shape index (κ1) is 13.1. The van der Waals surface area contributed by atoms with E-state index in [4.69, 9.17) is 5.11 Å². The zero-order valence-corrected chi connectivity index (χ0v) is 10.9. The number of carbonyl (C=O) groups excluding carboxylic acids is 1. The molecule has 2 N–H and O–H groups in total. The van der Waals surface area contributed by atoms with Crippen LogP contribution in [0.3, 0.4) is 0 Å². The number of amides is 1. The average Bonchev–Trinajstić information content (AvgIpc) is 2.79. The van der Waals surface area contributed by atoms with Gasteiger partial charge in [0.1, 0.15) is 5.69 Å². The highest BCUT2D eigenvalue weighted by atomic mass is 16.4. The number of carboxylic acids is 1. The third-order valence-electron chi connectivity index (χ3n) is 3.21. The molecule has 1 unspecified atom stereocenters. The fourth-order valence-electron chi connectivity index (χ4n) is 1.97. The van der Waals surface area contributed by atoms with E-state index < -0.39 is 5.97 Å². The number of aromatic nitrogens is 1. The first-order valence-electron chi connectivity index (χ1n) is 6.05. The molecule has 1 atom stereocenters. The number of nitrogens with zero attached hydrogens (tertiary/aromatic N) is 1. The number of nitrogens with one attached hydrogen (secondary N) is 1. The summed E-state index contributed by atoms with van der Waals surface area (Å²) in [4.78, 5) is 27.4. The van der Waals surface area contributed by atoms with E-state index in [0.29, 0.717) is 5.69 Å². The third-order valence-corrected chi connectivity index (χ3v) is 3.21. The Kier molecular flexibility index (Phi) is 3.55. The molecule has 5 heteroatoms. The number of para-hydroxylation sites is 1. The van der Waals surface area contributed by atoms with Crippen LogP contribution in [0.15, 0.2) is 30.3 Å². The second-order valence-electron chi connectivity index (χ2n) is 4.63. The minimum atomic E-state index is -0.913. The number of hydrogen-bond donors (Lipinski definition) is 2. The van der Waals surface area contributed by atoms with Crippen molar-refractivity contribution >= 4 is 22.8 Å². The van der Waals surface area contributed by atoms with Crippen LogP contribution in [-0.2, 0) is 4.79 Å². The first-order chi connectivity index (χ1) is 8.99. The van der Waals surface area contributed by atoms with Crippen LogP contribution in [0.1, 0.15) is 23.8 Å². The molecule has 2 rings (SSSR count). The van der Waals surface area contributed by atoms with Crippen LogP contribution >= 0.6 is 0 Å². The molecule has 100 valence electrons. The molecular weight excluding hydrogens is 244 g/mol. The monoisotopic (exact) mass is 260 g/mol. The van der Waals surface area contributed by atoms with Gasteiger partial charge in [-0.15, -0.1) is 0 Å². The van der Waals surface area contributed by atoms with Crippen LogP contribution in [-0.4, -0.2) is 40.0 Å². The predicted molar refractivity (Wildman–Crippen MR) is 72.1 cm³/mol. The first-order valence-corrected chi connectivity index (χ1v) is 6.05. The molecule has 0 saturated heterocycles. The minimum absolute atomic E-state index is 0.0670. The summed E-state index contributed by atoms with van der Waals surface area (Å²) in [6, 6.07) is 9.04. The highest BCUT2D eigenvalue weighted by Gasteiger charge is 2.20. The number of hydrogen-bond acceptors (Lipinski definition) is 2. The van der Waals surface area contributed by atoms with Crippen molar-refractivity contribution in [1.29, 1.82) is 0 Å². The molecule has 1 aromatic carbocycles. The Balaban J connectivity index is 2.21. The van der Waals surface area contributed by atoms with Crippen LogP contribution in [0.25, 0.3) is 10.9 Å². The highest BCUT2D eigenvalue weighted by Crippen LogP contribution is 2.16. The predicted octanol–water partition coefficient (Wildman–Crippen LogP) is 2.10. The highest BCUT2D eigenvalue weighted by molar-refractivity contribution is 5.98. The summed E-state index contributed by atoms with van der Waals surface area (Å²) < 4.78 is 0. The van der Waals surface area contributed by atoms with E-state index in [9.17, 15) is 9.59 Å². The topological polar surface area (TPSA) is 73.4 Å². The molecule has 0 spiro atoms. The van der Waals surface area contributed by atoms with Gasteiger partial charge < -0.3 is 15.0 Å². The van der Waals surface area contributed by atoms with Gasteiger partial charge in [0.05, 0.1) is 6.42 Å². The van der Waals surface area contributed by atoms with Crippen LogP contribution < -0.4 is 0 Å². The summed E-state index contributed by atoms with van der Waals surface area (Å²) in [6.07, 6.45) is -0.0670. The van der Waals surface area contributed by atoms with Crippen molar-refractivity contribution in [3.63, 3.8) is 0 Å². The molecular formula is C14H16N2O3. The van der Waals surface area contributed by atoms with Crippen molar-refractivity contribution in [3.8, 4) is 0 Å². The van der Waals surface area contributed by atoms with Gasteiger partial charge in [0.25, 0.3) is 5.91 Å². The van der Waals surface area contributed by atoms with Gasteiger partial charge in [0, 0.05) is 24.0 Å². The number of aromatic amines is 1. The van der Waals surface area contributed by atoms with Crippen LogP contribution in [0.2, 0.25) is 0 Å².